The van der Waals surface area contributed by atoms with E-state index in [0.717, 1.165) is 6.07 Å². The molecule has 38 heavy (non-hydrogen) atoms. The minimum absolute atomic E-state index is 0.00616. The van der Waals surface area contributed by atoms with Crippen LogP contribution in [0.3, 0.4) is 0 Å². The van der Waals surface area contributed by atoms with Crippen LogP contribution in [0.25, 0.3) is 0 Å². The van der Waals surface area contributed by atoms with E-state index < -0.39 is 69.5 Å². The smallest absolute Gasteiger partial charge is 0.325 e. The van der Waals surface area contributed by atoms with Gasteiger partial charge in [-0.25, -0.2) is 13.2 Å². The molecule has 0 spiro atoms. The van der Waals surface area contributed by atoms with Crippen LogP contribution in [0.15, 0.2) is 30.3 Å². The molecule has 0 unspecified atom stereocenters. The van der Waals surface area contributed by atoms with E-state index in [1.807, 2.05) is 0 Å². The number of nitrogens with zero attached hydrogens (tertiary/aromatic N) is 2. The van der Waals surface area contributed by atoms with Crippen LogP contribution in [0.4, 0.5) is 13.2 Å². The SMILES string of the molecule is [B]C([B])(Oc1cc(F)cc(F)c1C([B])([B])C([B])([B])[B])C(=O)N(CC(=O)OCC)Cc1ccc(C#N)cc1F. The molecule has 14 radical (unpaired) electrons. The van der Waals surface area contributed by atoms with E-state index in [4.69, 9.17) is 69.7 Å². The molecular formula is C22H14B7F3N2O4. The molecule has 2 aromatic carbocycles. The molecule has 0 saturated heterocycles. The minimum Gasteiger partial charge on any atom is -0.497 e. The van der Waals surface area contributed by atoms with Crippen molar-refractivity contribution in [2.24, 2.45) is 0 Å². The first kappa shape index (κ1) is 31.1. The largest absolute Gasteiger partial charge is 0.497 e. The molecule has 0 saturated carbocycles. The number of nitriles is 1. The van der Waals surface area contributed by atoms with Crippen molar-refractivity contribution in [3.8, 4) is 11.8 Å². The van der Waals surface area contributed by atoms with E-state index in [1.165, 1.54) is 19.1 Å². The van der Waals surface area contributed by atoms with E-state index in [-0.39, 0.29) is 17.7 Å². The summed E-state index contributed by atoms with van der Waals surface area (Å²) in [6, 6.07) is 6.00. The van der Waals surface area contributed by atoms with Gasteiger partial charge in [0.2, 0.25) is 5.91 Å². The fourth-order valence-corrected chi connectivity index (χ4v) is 3.23. The molecule has 0 N–H and O–H groups in total. The minimum atomic E-state index is -2.96. The number of rotatable bonds is 10. The topological polar surface area (TPSA) is 79.6 Å². The monoisotopic (exact) mass is 504 g/mol. The summed E-state index contributed by atoms with van der Waals surface area (Å²) < 4.78 is 53.4. The van der Waals surface area contributed by atoms with Crippen LogP contribution < -0.4 is 4.74 Å². The predicted molar refractivity (Wildman–Crippen MR) is 138 cm³/mol. The van der Waals surface area contributed by atoms with Gasteiger partial charge in [-0.05, 0) is 19.1 Å². The summed E-state index contributed by atoms with van der Waals surface area (Å²) in [6.45, 7) is 0.0560. The van der Waals surface area contributed by atoms with Crippen molar-refractivity contribution >= 4 is 66.8 Å². The van der Waals surface area contributed by atoms with Crippen molar-refractivity contribution in [1.29, 1.82) is 5.26 Å². The number of carbonyl (C=O) groups is 2. The van der Waals surface area contributed by atoms with Crippen LogP contribution in [0, 0.1) is 28.8 Å². The van der Waals surface area contributed by atoms with Gasteiger partial charge in [0.05, 0.1) is 57.5 Å². The highest BCUT2D eigenvalue weighted by atomic mass is 19.1. The average molecular weight is 503 g/mol. The number of esters is 1. The fourth-order valence-electron chi connectivity index (χ4n) is 3.23. The molecular weight excluding hydrogens is 489 g/mol. The normalized spacial score (nSPS) is 11.9. The lowest BCUT2D eigenvalue weighted by Crippen LogP contribution is -2.55. The van der Waals surface area contributed by atoms with Crippen LogP contribution >= 0.6 is 0 Å². The molecule has 0 aliphatic heterocycles. The number of hydrogen-bond donors (Lipinski definition) is 0. The van der Waals surface area contributed by atoms with Crippen molar-refractivity contribution in [1.82, 2.24) is 4.90 Å². The zero-order valence-electron chi connectivity index (χ0n) is 20.2. The summed E-state index contributed by atoms with van der Waals surface area (Å²) in [6.07, 6.45) is 0. The van der Waals surface area contributed by atoms with Gasteiger partial charge in [-0.3, -0.25) is 9.59 Å². The maximum Gasteiger partial charge on any atom is 0.325 e. The summed E-state index contributed by atoms with van der Waals surface area (Å²) >= 11 is 0. The second-order valence-corrected chi connectivity index (χ2v) is 8.34. The Morgan fingerprint density at radius 3 is 2.16 bits per heavy atom. The Balaban J connectivity index is 2.53. The number of amides is 1. The zero-order chi connectivity index (χ0) is 29.1. The van der Waals surface area contributed by atoms with Crippen molar-refractivity contribution < 1.29 is 32.2 Å². The molecule has 16 heteroatoms. The molecule has 0 aliphatic carbocycles. The molecule has 0 aromatic heterocycles. The molecule has 2 rings (SSSR count). The molecule has 0 atom stereocenters. The molecule has 178 valence electrons. The summed E-state index contributed by atoms with van der Waals surface area (Å²) in [4.78, 5) is 26.1. The summed E-state index contributed by atoms with van der Waals surface area (Å²) in [5, 5.41) is 0.860. The Morgan fingerprint density at radius 1 is 1.00 bits per heavy atom. The summed E-state index contributed by atoms with van der Waals surface area (Å²) in [5.41, 5.74) is -1.03. The van der Waals surface area contributed by atoms with Crippen molar-refractivity contribution in [2.45, 2.75) is 29.2 Å². The average Bonchev–Trinajstić information content (AvgIpc) is 2.77. The van der Waals surface area contributed by atoms with Crippen LogP contribution in [0.2, 0.25) is 5.11 Å². The molecule has 0 fully saturated rings. The molecule has 6 nitrogen and oxygen atoms in total. The lowest BCUT2D eigenvalue weighted by Gasteiger charge is -2.44. The van der Waals surface area contributed by atoms with Gasteiger partial charge in [0.15, 0.2) is 0 Å². The van der Waals surface area contributed by atoms with Gasteiger partial charge < -0.3 is 14.4 Å². The Kier molecular flexibility index (Phi) is 9.63. The Bertz CT molecular complexity index is 1270. The highest BCUT2D eigenvalue weighted by molar-refractivity contribution is 6.67. The number of carbonyl (C=O) groups excluding carboxylic acids is 2. The van der Waals surface area contributed by atoms with Gasteiger partial charge in [-0.1, -0.05) is 11.3 Å². The van der Waals surface area contributed by atoms with E-state index >= 15 is 0 Å². The lowest BCUT2D eigenvalue weighted by atomic mass is 9.22. The van der Waals surface area contributed by atoms with E-state index in [0.29, 0.717) is 17.0 Å². The maximum absolute atomic E-state index is 14.8. The van der Waals surface area contributed by atoms with Crippen molar-refractivity contribution in [2.75, 3.05) is 13.2 Å². The van der Waals surface area contributed by atoms with Gasteiger partial charge in [0.1, 0.15) is 50.8 Å². The third-order valence-corrected chi connectivity index (χ3v) is 5.22. The molecule has 0 bridgehead atoms. The van der Waals surface area contributed by atoms with E-state index in [1.54, 1.807) is 6.07 Å². The lowest BCUT2D eigenvalue weighted by molar-refractivity contribution is -0.151. The third kappa shape index (κ3) is 7.06. The van der Waals surface area contributed by atoms with Gasteiger partial charge in [0.25, 0.3) is 0 Å². The zero-order valence-corrected chi connectivity index (χ0v) is 20.2. The van der Waals surface area contributed by atoms with Crippen molar-refractivity contribution in [3.05, 3.63) is 64.5 Å². The highest BCUT2D eigenvalue weighted by Crippen LogP contribution is 2.42. The first-order chi connectivity index (χ1) is 17.4. The second-order valence-electron chi connectivity index (χ2n) is 8.34. The maximum atomic E-state index is 14.8. The predicted octanol–water partition coefficient (Wildman–Crippen LogP) is 0.00608. The quantitative estimate of drug-likeness (QED) is 0.338. The number of halogens is 3. The van der Waals surface area contributed by atoms with Gasteiger partial charge in [0, 0.05) is 29.8 Å². The molecule has 0 heterocycles. The van der Waals surface area contributed by atoms with E-state index in [2.05, 4.69) is 0 Å². The van der Waals surface area contributed by atoms with Crippen LogP contribution in [0.1, 0.15) is 23.6 Å². The molecule has 2 aromatic rings. The van der Waals surface area contributed by atoms with Crippen LogP contribution in [0.5, 0.6) is 5.75 Å². The first-order valence-corrected chi connectivity index (χ1v) is 10.8. The van der Waals surface area contributed by atoms with Gasteiger partial charge >= 0.3 is 5.97 Å². The Hall–Kier alpha value is -3.09. The number of benzene rings is 2. The number of ether oxygens (including phenoxy) is 2. The van der Waals surface area contributed by atoms with Crippen LogP contribution in [-0.2, 0) is 26.1 Å². The molecule has 0 aliphatic rings. The Morgan fingerprint density at radius 2 is 1.63 bits per heavy atom. The van der Waals surface area contributed by atoms with Crippen LogP contribution in [-0.4, -0.2) is 90.3 Å². The third-order valence-electron chi connectivity index (χ3n) is 5.22. The highest BCUT2D eigenvalue weighted by Gasteiger charge is 2.40. The van der Waals surface area contributed by atoms with Gasteiger partial charge in [-0.2, -0.15) is 5.26 Å². The second kappa shape index (κ2) is 11.8. The van der Waals surface area contributed by atoms with E-state index in [9.17, 15) is 22.8 Å². The fraction of sp³-hybridized carbons (Fsp3) is 0.318. The Labute approximate surface area is 227 Å². The van der Waals surface area contributed by atoms with Crippen molar-refractivity contribution in [3.63, 3.8) is 0 Å². The summed E-state index contributed by atoms with van der Waals surface area (Å²) in [5.74, 6) is -6.70. The van der Waals surface area contributed by atoms with Gasteiger partial charge in [-0.15, -0.1) is 5.11 Å². The first-order valence-electron chi connectivity index (χ1n) is 10.8. The number of hydrogen-bond acceptors (Lipinski definition) is 5. The molecule has 1 amide bonds. The summed E-state index contributed by atoms with van der Waals surface area (Å²) in [7, 11) is 40.0. The standard InChI is InChI=1S/C22H14B7F3N2O4/c1-2-37-17(35)10-34(9-12-4-3-11(8-33)5-14(12)31)19(36)21(25,26)38-16-7-13(30)6-15(32)18(16)20(23,24)22(27,28)29/h3-7H,2,9-10H2,1H3.